The second-order valence-corrected chi connectivity index (χ2v) is 10.8. The number of para-hydroxylation sites is 1. The molecule has 0 saturated carbocycles. The molecule has 0 saturated heterocycles. The van der Waals surface area contributed by atoms with Crippen molar-refractivity contribution in [3.05, 3.63) is 88.4 Å². The Balaban J connectivity index is 1.33. The molecule has 2 heterocycles. The summed E-state index contributed by atoms with van der Waals surface area (Å²) < 4.78 is 28.6. The van der Waals surface area contributed by atoms with Crippen molar-refractivity contribution in [2.75, 3.05) is 11.9 Å². The minimum absolute atomic E-state index is 0.167. The van der Waals surface area contributed by atoms with Crippen LogP contribution >= 0.6 is 22.9 Å². The van der Waals surface area contributed by atoms with Gasteiger partial charge in [0.05, 0.1) is 14.6 Å². The zero-order chi connectivity index (χ0) is 22.3. The Labute approximate surface area is 194 Å². The van der Waals surface area contributed by atoms with Gasteiger partial charge in [-0.15, -0.1) is 0 Å². The van der Waals surface area contributed by atoms with E-state index in [1.54, 1.807) is 6.07 Å². The zero-order valence-corrected chi connectivity index (χ0v) is 19.2. The van der Waals surface area contributed by atoms with Crippen LogP contribution in [0.5, 0.6) is 0 Å². The van der Waals surface area contributed by atoms with Crippen LogP contribution < -0.4 is 5.32 Å². The first-order valence-electron chi connectivity index (χ1n) is 9.95. The number of nitrogens with zero attached hydrogens (tertiary/aromatic N) is 2. The first-order valence-corrected chi connectivity index (χ1v) is 12.6. The molecule has 0 aliphatic carbocycles. The van der Waals surface area contributed by atoms with E-state index in [2.05, 4.69) is 10.3 Å². The molecule has 5 rings (SSSR count). The van der Waals surface area contributed by atoms with Crippen molar-refractivity contribution in [1.82, 2.24) is 9.29 Å². The minimum Gasteiger partial charge on any atom is -0.298 e. The molecular weight excluding hydrogens is 466 g/mol. The lowest BCUT2D eigenvalue weighted by atomic mass is 10.0. The molecule has 6 nitrogen and oxygen atoms in total. The monoisotopic (exact) mass is 483 g/mol. The summed E-state index contributed by atoms with van der Waals surface area (Å²) in [5.74, 6) is -0.365. The van der Waals surface area contributed by atoms with Crippen LogP contribution in [0.25, 0.3) is 10.2 Å². The van der Waals surface area contributed by atoms with E-state index in [1.165, 1.54) is 45.5 Å². The molecule has 0 spiro atoms. The summed E-state index contributed by atoms with van der Waals surface area (Å²) in [6.07, 6.45) is 0.683. The predicted molar refractivity (Wildman–Crippen MR) is 127 cm³/mol. The molecule has 1 aliphatic heterocycles. The van der Waals surface area contributed by atoms with Crippen molar-refractivity contribution in [2.45, 2.75) is 17.9 Å². The summed E-state index contributed by atoms with van der Waals surface area (Å²) in [5, 5.41) is 3.71. The molecule has 0 radical (unpaired) electrons. The number of anilines is 1. The van der Waals surface area contributed by atoms with Crippen LogP contribution in [0.1, 0.15) is 21.5 Å². The number of sulfonamides is 1. The van der Waals surface area contributed by atoms with Gasteiger partial charge in [0.15, 0.2) is 5.13 Å². The highest BCUT2D eigenvalue weighted by Crippen LogP contribution is 2.31. The number of carbonyl (C=O) groups excluding carboxylic acids is 1. The Hall–Kier alpha value is -2.78. The van der Waals surface area contributed by atoms with Gasteiger partial charge in [0.2, 0.25) is 10.0 Å². The summed E-state index contributed by atoms with van der Waals surface area (Å²) in [6.45, 7) is 0.780. The number of hydrogen-bond acceptors (Lipinski definition) is 5. The molecule has 162 valence electrons. The Morgan fingerprint density at radius 2 is 1.75 bits per heavy atom. The van der Waals surface area contributed by atoms with Crippen molar-refractivity contribution < 1.29 is 13.2 Å². The standard InChI is InChI=1S/C23H18ClN3O3S2/c24-19-6-3-7-20-21(19)25-23(31-20)26-22(28)16-8-10-18(11-9-16)32(29,30)27-13-12-15-4-1-2-5-17(15)14-27/h1-11H,12-14H2,(H,25,26,28). The van der Waals surface area contributed by atoms with Gasteiger partial charge in [-0.1, -0.05) is 53.3 Å². The molecule has 0 atom stereocenters. The van der Waals surface area contributed by atoms with Gasteiger partial charge in [0, 0.05) is 18.7 Å². The molecule has 1 aliphatic rings. The van der Waals surface area contributed by atoms with Gasteiger partial charge >= 0.3 is 0 Å². The molecule has 0 unspecified atom stereocenters. The Morgan fingerprint density at radius 3 is 2.50 bits per heavy atom. The largest absolute Gasteiger partial charge is 0.298 e. The van der Waals surface area contributed by atoms with Crippen LogP contribution in [0.4, 0.5) is 5.13 Å². The van der Waals surface area contributed by atoms with Crippen molar-refractivity contribution >= 4 is 54.2 Å². The quantitative estimate of drug-likeness (QED) is 0.445. The predicted octanol–water partition coefficient (Wildman–Crippen LogP) is 4.95. The van der Waals surface area contributed by atoms with Gasteiger partial charge in [0.1, 0.15) is 5.52 Å². The first-order chi connectivity index (χ1) is 15.4. The maximum absolute atomic E-state index is 13.1. The number of halogens is 1. The maximum atomic E-state index is 13.1. The molecule has 32 heavy (non-hydrogen) atoms. The highest BCUT2D eigenvalue weighted by Gasteiger charge is 2.28. The lowest BCUT2D eigenvalue weighted by Gasteiger charge is -2.28. The zero-order valence-electron chi connectivity index (χ0n) is 16.8. The number of thiazole rings is 1. The summed E-state index contributed by atoms with van der Waals surface area (Å²) in [5.41, 5.74) is 3.19. The van der Waals surface area contributed by atoms with E-state index in [4.69, 9.17) is 11.6 Å². The average Bonchev–Trinajstić information content (AvgIpc) is 3.22. The van der Waals surface area contributed by atoms with Crippen molar-refractivity contribution in [3.63, 3.8) is 0 Å². The van der Waals surface area contributed by atoms with E-state index in [1.807, 2.05) is 36.4 Å². The number of carbonyl (C=O) groups is 1. The average molecular weight is 484 g/mol. The number of fused-ring (bicyclic) bond motifs is 2. The first kappa shape index (κ1) is 21.1. The molecule has 0 fully saturated rings. The lowest BCUT2D eigenvalue weighted by Crippen LogP contribution is -2.35. The molecule has 1 aromatic heterocycles. The van der Waals surface area contributed by atoms with Gasteiger partial charge in [-0.05, 0) is 53.9 Å². The van der Waals surface area contributed by atoms with Crippen molar-refractivity contribution in [1.29, 1.82) is 0 Å². The van der Waals surface area contributed by atoms with Crippen LogP contribution in [0.15, 0.2) is 71.6 Å². The number of nitrogens with one attached hydrogen (secondary N) is 1. The second kappa shape index (κ2) is 8.29. The number of rotatable bonds is 4. The molecular formula is C23H18ClN3O3S2. The molecule has 3 aromatic carbocycles. The topological polar surface area (TPSA) is 79.4 Å². The smallest absolute Gasteiger partial charge is 0.257 e. The molecule has 1 amide bonds. The summed E-state index contributed by atoms with van der Waals surface area (Å²) in [7, 11) is -3.65. The number of hydrogen-bond donors (Lipinski definition) is 1. The van der Waals surface area contributed by atoms with E-state index in [0.717, 1.165) is 10.3 Å². The van der Waals surface area contributed by atoms with E-state index in [0.29, 0.717) is 40.7 Å². The van der Waals surface area contributed by atoms with Crippen LogP contribution in [-0.2, 0) is 23.0 Å². The fraction of sp³-hybridized carbons (Fsp3) is 0.130. The number of amides is 1. The van der Waals surface area contributed by atoms with E-state index < -0.39 is 10.0 Å². The van der Waals surface area contributed by atoms with E-state index in [-0.39, 0.29) is 10.8 Å². The van der Waals surface area contributed by atoms with Crippen molar-refractivity contribution in [3.8, 4) is 0 Å². The van der Waals surface area contributed by atoms with Gasteiger partial charge in [0.25, 0.3) is 5.91 Å². The molecule has 0 bridgehead atoms. The van der Waals surface area contributed by atoms with Crippen LogP contribution in [0.2, 0.25) is 5.02 Å². The van der Waals surface area contributed by atoms with Gasteiger partial charge < -0.3 is 0 Å². The van der Waals surface area contributed by atoms with E-state index in [9.17, 15) is 13.2 Å². The van der Waals surface area contributed by atoms with Crippen molar-refractivity contribution in [2.24, 2.45) is 0 Å². The minimum atomic E-state index is -3.65. The normalized spacial score (nSPS) is 14.3. The highest BCUT2D eigenvalue weighted by atomic mass is 35.5. The highest BCUT2D eigenvalue weighted by molar-refractivity contribution is 7.89. The summed E-state index contributed by atoms with van der Waals surface area (Å²) in [4.78, 5) is 17.2. The van der Waals surface area contributed by atoms with Gasteiger partial charge in [-0.25, -0.2) is 13.4 Å². The van der Waals surface area contributed by atoms with E-state index >= 15 is 0 Å². The van der Waals surface area contributed by atoms with Crippen LogP contribution in [0.3, 0.4) is 0 Å². The Bertz CT molecular complexity index is 1430. The lowest BCUT2D eigenvalue weighted by molar-refractivity contribution is 0.102. The van der Waals surface area contributed by atoms with Crippen LogP contribution in [-0.4, -0.2) is 30.2 Å². The number of aromatic nitrogens is 1. The number of benzene rings is 3. The summed E-state index contributed by atoms with van der Waals surface area (Å²) in [6, 6.07) is 19.3. The third-order valence-corrected chi connectivity index (χ3v) is 8.54. The molecule has 9 heteroatoms. The summed E-state index contributed by atoms with van der Waals surface area (Å²) >= 11 is 7.47. The second-order valence-electron chi connectivity index (χ2n) is 7.44. The van der Waals surface area contributed by atoms with Gasteiger partial charge in [-0.2, -0.15) is 4.31 Å². The van der Waals surface area contributed by atoms with Crippen LogP contribution in [0, 0.1) is 0 Å². The Morgan fingerprint density at radius 1 is 1.00 bits per heavy atom. The SMILES string of the molecule is O=C(Nc1nc2c(Cl)cccc2s1)c1ccc(S(=O)(=O)N2CCc3ccccc3C2)cc1. The van der Waals surface area contributed by atoms with Gasteiger partial charge in [-0.3, -0.25) is 10.1 Å². The maximum Gasteiger partial charge on any atom is 0.257 e. The molecule has 1 N–H and O–H groups in total. The fourth-order valence-corrected chi connectivity index (χ4v) is 6.32. The Kier molecular flexibility index (Phi) is 5.46. The third kappa shape index (κ3) is 3.91. The fourth-order valence-electron chi connectivity index (χ4n) is 3.74. The molecule has 4 aromatic rings. The third-order valence-electron chi connectivity index (χ3n) is 5.44.